The predicted octanol–water partition coefficient (Wildman–Crippen LogP) is 4.45. The summed E-state index contributed by atoms with van der Waals surface area (Å²) in [6, 6.07) is 0. The smallest absolute Gasteiger partial charge is 0.407 e. The second kappa shape index (κ2) is 19.2. The van der Waals surface area contributed by atoms with E-state index in [0.717, 1.165) is 58.0 Å². The number of hydrogen-bond acceptors (Lipinski definition) is 6. The maximum absolute atomic E-state index is 11.4. The van der Waals surface area contributed by atoms with Crippen LogP contribution in [0.25, 0.3) is 0 Å². The highest BCUT2D eigenvalue weighted by Crippen LogP contribution is 2.08. The van der Waals surface area contributed by atoms with Crippen LogP contribution in [0.5, 0.6) is 0 Å². The highest BCUT2D eigenvalue weighted by atomic mass is 16.6. The first-order valence-electron chi connectivity index (χ1n) is 11.7. The molecule has 6 N–H and O–H groups in total. The minimum Gasteiger partial charge on any atom is -0.444 e. The Balaban J connectivity index is 0. The first-order valence-corrected chi connectivity index (χ1v) is 11.7. The summed E-state index contributed by atoms with van der Waals surface area (Å²) in [6.07, 6.45) is 9.09. The van der Waals surface area contributed by atoms with Gasteiger partial charge in [-0.3, -0.25) is 0 Å². The molecule has 0 aliphatic heterocycles. The summed E-state index contributed by atoms with van der Waals surface area (Å²) in [5.74, 6) is 0. The van der Waals surface area contributed by atoms with Crippen molar-refractivity contribution < 1.29 is 19.1 Å². The van der Waals surface area contributed by atoms with Crippen molar-refractivity contribution >= 4 is 12.2 Å². The van der Waals surface area contributed by atoms with Gasteiger partial charge in [0, 0.05) is 13.1 Å². The fourth-order valence-electron chi connectivity index (χ4n) is 2.43. The van der Waals surface area contributed by atoms with E-state index in [0.29, 0.717) is 13.1 Å². The number of alkyl carbamates (subject to hydrolysis) is 2. The van der Waals surface area contributed by atoms with Gasteiger partial charge in [0.25, 0.3) is 0 Å². The average Bonchev–Trinajstić information content (AvgIpc) is 2.61. The molecule has 0 rings (SSSR count). The number of unbranched alkanes of at least 4 members (excludes halogenated alkanes) is 7. The number of nitrogens with one attached hydrogen (secondary N) is 2. The van der Waals surface area contributed by atoms with Crippen molar-refractivity contribution in [3.8, 4) is 0 Å². The predicted molar refractivity (Wildman–Crippen MR) is 128 cm³/mol. The van der Waals surface area contributed by atoms with Crippen LogP contribution in [0.15, 0.2) is 0 Å². The lowest BCUT2D eigenvalue weighted by molar-refractivity contribution is 0.0516. The molecule has 0 aromatic rings. The zero-order valence-electron chi connectivity index (χ0n) is 21.0. The minimum atomic E-state index is -0.453. The fraction of sp³-hybridized carbons (Fsp3) is 0.913. The molecule has 0 saturated carbocycles. The summed E-state index contributed by atoms with van der Waals surface area (Å²) in [4.78, 5) is 22.8. The van der Waals surface area contributed by atoms with Gasteiger partial charge >= 0.3 is 12.2 Å². The Morgan fingerprint density at radius 3 is 1.16 bits per heavy atom. The molecule has 2 amide bonds. The molecule has 0 bridgehead atoms. The van der Waals surface area contributed by atoms with Gasteiger partial charge in [0.1, 0.15) is 11.2 Å². The molecule has 0 heterocycles. The zero-order chi connectivity index (χ0) is 24.2. The summed E-state index contributed by atoms with van der Waals surface area (Å²) in [6.45, 7) is 14.0. The van der Waals surface area contributed by atoms with Crippen molar-refractivity contribution in [1.82, 2.24) is 10.6 Å². The van der Waals surface area contributed by atoms with Crippen molar-refractivity contribution in [1.29, 1.82) is 0 Å². The van der Waals surface area contributed by atoms with E-state index in [1.807, 2.05) is 41.5 Å². The van der Waals surface area contributed by atoms with Gasteiger partial charge in [0.05, 0.1) is 0 Å². The van der Waals surface area contributed by atoms with Crippen LogP contribution in [-0.2, 0) is 9.47 Å². The first kappa shape index (κ1) is 31.6. The van der Waals surface area contributed by atoms with Gasteiger partial charge in [-0.25, -0.2) is 9.59 Å². The Morgan fingerprint density at radius 2 is 0.871 bits per heavy atom. The average molecular weight is 447 g/mol. The summed E-state index contributed by atoms with van der Waals surface area (Å²) >= 11 is 0. The number of hydrogen-bond donors (Lipinski definition) is 4. The van der Waals surface area contributed by atoms with E-state index in [4.69, 9.17) is 20.9 Å². The Morgan fingerprint density at radius 1 is 0.581 bits per heavy atom. The van der Waals surface area contributed by atoms with Gasteiger partial charge in [-0.2, -0.15) is 0 Å². The lowest BCUT2D eigenvalue weighted by Crippen LogP contribution is -2.33. The molecular formula is C23H50N4O4. The molecule has 0 aliphatic rings. The zero-order valence-corrected chi connectivity index (χ0v) is 21.0. The Kier molecular flexibility index (Phi) is 19.6. The Hall–Kier alpha value is -1.54. The van der Waals surface area contributed by atoms with Gasteiger partial charge in [-0.15, -0.1) is 0 Å². The second-order valence-corrected chi connectivity index (χ2v) is 9.62. The van der Waals surface area contributed by atoms with Crippen molar-refractivity contribution in [2.45, 2.75) is 111 Å². The maximum Gasteiger partial charge on any atom is 0.407 e. The van der Waals surface area contributed by atoms with Crippen molar-refractivity contribution in [2.75, 3.05) is 26.2 Å². The van der Waals surface area contributed by atoms with Gasteiger partial charge in [0.2, 0.25) is 0 Å². The summed E-state index contributed by atoms with van der Waals surface area (Å²) in [7, 11) is 0. The normalized spacial score (nSPS) is 11.2. The molecule has 0 aromatic heterocycles. The first-order chi connectivity index (χ1) is 14.4. The van der Waals surface area contributed by atoms with Crippen LogP contribution in [0.4, 0.5) is 9.59 Å². The largest absolute Gasteiger partial charge is 0.444 e. The van der Waals surface area contributed by atoms with Gasteiger partial charge in [-0.1, -0.05) is 32.1 Å². The Labute approximate surface area is 190 Å². The minimum absolute atomic E-state index is 0.362. The summed E-state index contributed by atoms with van der Waals surface area (Å²) < 4.78 is 10.3. The Bertz CT molecular complexity index is 406. The molecule has 8 nitrogen and oxygen atoms in total. The standard InChI is InChI=1S/C17H34N2O4.C6H16N2/c1-16(2,3)22-14(20)18-12-10-8-7-9-11-13-19-15(21)23-17(4,5)6;7-5-3-1-2-4-6-8/h7-13H2,1-6H3,(H,18,20)(H,19,21);1-8H2. The fourth-order valence-corrected chi connectivity index (χ4v) is 2.43. The van der Waals surface area contributed by atoms with Crippen LogP contribution in [-0.4, -0.2) is 49.6 Å². The molecule has 0 spiro atoms. The van der Waals surface area contributed by atoms with E-state index in [2.05, 4.69) is 10.6 Å². The van der Waals surface area contributed by atoms with E-state index >= 15 is 0 Å². The quantitative estimate of drug-likeness (QED) is 0.309. The van der Waals surface area contributed by atoms with E-state index in [9.17, 15) is 9.59 Å². The lowest BCUT2D eigenvalue weighted by atomic mass is 10.1. The van der Waals surface area contributed by atoms with E-state index in [-0.39, 0.29) is 12.2 Å². The highest BCUT2D eigenvalue weighted by Gasteiger charge is 2.16. The van der Waals surface area contributed by atoms with Crippen molar-refractivity contribution in [2.24, 2.45) is 11.5 Å². The molecule has 8 heteroatoms. The monoisotopic (exact) mass is 446 g/mol. The van der Waals surface area contributed by atoms with E-state index < -0.39 is 11.2 Å². The number of carbonyl (C=O) groups is 2. The third-order valence-corrected chi connectivity index (χ3v) is 3.85. The molecule has 186 valence electrons. The topological polar surface area (TPSA) is 129 Å². The molecule has 0 fully saturated rings. The van der Waals surface area contributed by atoms with E-state index in [1.54, 1.807) is 0 Å². The van der Waals surface area contributed by atoms with E-state index in [1.165, 1.54) is 12.8 Å². The molecule has 0 radical (unpaired) electrons. The molecule has 0 aliphatic carbocycles. The molecular weight excluding hydrogens is 396 g/mol. The second-order valence-electron chi connectivity index (χ2n) is 9.62. The maximum atomic E-state index is 11.4. The SMILES string of the molecule is CC(C)(C)OC(=O)NCCCCCCCNC(=O)OC(C)(C)C.NCCCCCCN. The number of carbonyl (C=O) groups excluding carboxylic acids is 2. The van der Waals surface area contributed by atoms with Crippen LogP contribution in [0, 0.1) is 0 Å². The lowest BCUT2D eigenvalue weighted by Gasteiger charge is -2.19. The van der Waals surface area contributed by atoms with Crippen molar-refractivity contribution in [3.63, 3.8) is 0 Å². The van der Waals surface area contributed by atoms with Crippen LogP contribution in [0.2, 0.25) is 0 Å². The number of nitrogens with two attached hydrogens (primary N) is 2. The third kappa shape index (κ3) is 30.7. The van der Waals surface area contributed by atoms with Crippen molar-refractivity contribution in [3.05, 3.63) is 0 Å². The van der Waals surface area contributed by atoms with Crippen LogP contribution in [0.3, 0.4) is 0 Å². The molecule has 0 unspecified atom stereocenters. The molecule has 31 heavy (non-hydrogen) atoms. The van der Waals surface area contributed by atoms with Gasteiger partial charge in [0.15, 0.2) is 0 Å². The summed E-state index contributed by atoms with van der Waals surface area (Å²) in [5, 5.41) is 5.49. The number of amides is 2. The third-order valence-electron chi connectivity index (χ3n) is 3.85. The van der Waals surface area contributed by atoms with Gasteiger partial charge in [-0.05, 0) is 80.3 Å². The molecule has 0 saturated heterocycles. The van der Waals surface area contributed by atoms with Gasteiger partial charge < -0.3 is 31.6 Å². The summed E-state index contributed by atoms with van der Waals surface area (Å²) in [5.41, 5.74) is 9.65. The number of ether oxygens (including phenoxy) is 2. The molecule has 0 aromatic carbocycles. The van der Waals surface area contributed by atoms with Crippen LogP contribution < -0.4 is 22.1 Å². The van der Waals surface area contributed by atoms with Crippen LogP contribution >= 0.6 is 0 Å². The van der Waals surface area contributed by atoms with Crippen LogP contribution in [0.1, 0.15) is 99.3 Å². The number of rotatable bonds is 13. The highest BCUT2D eigenvalue weighted by molar-refractivity contribution is 5.67. The molecule has 0 atom stereocenters.